The van der Waals surface area contributed by atoms with Gasteiger partial charge >= 0.3 is 0 Å². The zero-order valence-electron chi connectivity index (χ0n) is 16.2. The smallest absolute Gasteiger partial charge is 0.252 e. The maximum absolute atomic E-state index is 13.0. The van der Waals surface area contributed by atoms with Crippen molar-refractivity contribution in [1.29, 1.82) is 0 Å². The molecule has 0 aliphatic rings. The van der Waals surface area contributed by atoms with Crippen molar-refractivity contribution in [2.45, 2.75) is 34.2 Å². The Hall–Kier alpha value is -3.14. The van der Waals surface area contributed by atoms with Gasteiger partial charge in [-0.1, -0.05) is 42.0 Å². The molecule has 4 nitrogen and oxygen atoms in total. The second-order valence-corrected chi connectivity index (χ2v) is 7.21. The van der Waals surface area contributed by atoms with E-state index in [4.69, 9.17) is 5.10 Å². The summed E-state index contributed by atoms with van der Waals surface area (Å²) < 4.78 is 3.74. The Balaban J connectivity index is 2.03. The molecule has 0 bridgehead atoms. The number of hydrogen-bond donors (Lipinski definition) is 0. The molecule has 0 saturated heterocycles. The number of hydrogen-bond acceptors (Lipinski definition) is 2. The highest BCUT2D eigenvalue weighted by atomic mass is 16.1. The number of rotatable bonds is 3. The largest absolute Gasteiger partial charge is 0.288 e. The first kappa shape index (κ1) is 17.3. The number of aryl methyl sites for hydroxylation is 4. The monoisotopic (exact) mass is 357 g/mol. The van der Waals surface area contributed by atoms with Gasteiger partial charge in [0.15, 0.2) is 0 Å². The molecule has 0 aliphatic carbocycles. The van der Waals surface area contributed by atoms with Crippen LogP contribution in [0.3, 0.4) is 0 Å². The predicted molar refractivity (Wildman–Crippen MR) is 110 cm³/mol. The number of aromatic nitrogens is 3. The highest BCUT2D eigenvalue weighted by Gasteiger charge is 2.17. The second kappa shape index (κ2) is 6.54. The zero-order chi connectivity index (χ0) is 19.1. The van der Waals surface area contributed by atoms with Gasteiger partial charge in [-0.05, 0) is 56.5 Å². The molecule has 2 aromatic heterocycles. The molecular weight excluding hydrogens is 334 g/mol. The van der Waals surface area contributed by atoms with Gasteiger partial charge in [-0.25, -0.2) is 4.68 Å². The molecule has 0 spiro atoms. The fourth-order valence-electron chi connectivity index (χ4n) is 3.71. The summed E-state index contributed by atoms with van der Waals surface area (Å²) >= 11 is 0. The van der Waals surface area contributed by atoms with E-state index in [-0.39, 0.29) is 5.56 Å². The number of benzene rings is 2. The van der Waals surface area contributed by atoms with E-state index >= 15 is 0 Å². The number of nitrogens with zero attached hydrogens (tertiary/aromatic N) is 3. The van der Waals surface area contributed by atoms with Crippen molar-refractivity contribution >= 4 is 11.0 Å². The van der Waals surface area contributed by atoms with Crippen LogP contribution in [0.5, 0.6) is 0 Å². The van der Waals surface area contributed by atoms with Crippen molar-refractivity contribution in [3.63, 3.8) is 0 Å². The van der Waals surface area contributed by atoms with Crippen LogP contribution in [0.15, 0.2) is 59.4 Å². The lowest BCUT2D eigenvalue weighted by atomic mass is 10.1. The Morgan fingerprint density at radius 2 is 1.63 bits per heavy atom. The van der Waals surface area contributed by atoms with Gasteiger partial charge in [0.05, 0.1) is 17.9 Å². The molecule has 2 heterocycles. The van der Waals surface area contributed by atoms with Gasteiger partial charge in [0, 0.05) is 11.5 Å². The Bertz CT molecular complexity index is 1200. The minimum absolute atomic E-state index is 0.00186. The lowest BCUT2D eigenvalue weighted by Gasteiger charge is -2.14. The second-order valence-electron chi connectivity index (χ2n) is 7.21. The molecule has 2 aromatic carbocycles. The topological polar surface area (TPSA) is 39.8 Å². The van der Waals surface area contributed by atoms with Gasteiger partial charge in [0.2, 0.25) is 0 Å². The average molecular weight is 357 g/mol. The third kappa shape index (κ3) is 2.97. The number of pyridine rings is 1. The van der Waals surface area contributed by atoms with Gasteiger partial charge < -0.3 is 0 Å². The summed E-state index contributed by atoms with van der Waals surface area (Å²) in [7, 11) is 0. The van der Waals surface area contributed by atoms with E-state index in [0.717, 1.165) is 33.5 Å². The summed E-state index contributed by atoms with van der Waals surface area (Å²) in [5, 5.41) is 5.81. The number of fused-ring (bicyclic) bond motifs is 1. The minimum Gasteiger partial charge on any atom is -0.288 e. The first-order valence-corrected chi connectivity index (χ1v) is 9.17. The fourth-order valence-corrected chi connectivity index (χ4v) is 3.71. The summed E-state index contributed by atoms with van der Waals surface area (Å²) in [4.78, 5) is 13.0. The maximum Gasteiger partial charge on any atom is 0.252 e. The normalized spacial score (nSPS) is 11.3. The van der Waals surface area contributed by atoms with Crippen LogP contribution in [-0.4, -0.2) is 14.3 Å². The lowest BCUT2D eigenvalue weighted by molar-refractivity contribution is 0.746. The van der Waals surface area contributed by atoms with Crippen molar-refractivity contribution in [1.82, 2.24) is 14.3 Å². The molecular formula is C23H23N3O. The first-order chi connectivity index (χ1) is 13.0. The molecule has 0 saturated carbocycles. The Kier molecular flexibility index (Phi) is 4.19. The highest BCUT2D eigenvalue weighted by molar-refractivity contribution is 5.83. The van der Waals surface area contributed by atoms with Crippen LogP contribution in [-0.2, 0) is 6.54 Å². The van der Waals surface area contributed by atoms with E-state index < -0.39 is 0 Å². The fraction of sp³-hybridized carbons (Fsp3) is 0.217. The Labute approximate surface area is 158 Å². The molecule has 4 heteroatoms. The molecule has 0 fully saturated rings. The molecule has 0 radical (unpaired) electrons. The van der Waals surface area contributed by atoms with Gasteiger partial charge in [0.25, 0.3) is 5.56 Å². The van der Waals surface area contributed by atoms with E-state index in [1.807, 2.05) is 53.4 Å². The Morgan fingerprint density at radius 3 is 2.37 bits per heavy atom. The van der Waals surface area contributed by atoms with Crippen molar-refractivity contribution in [2.75, 3.05) is 0 Å². The van der Waals surface area contributed by atoms with E-state index in [1.54, 1.807) is 6.07 Å². The Morgan fingerprint density at radius 1 is 0.889 bits per heavy atom. The molecule has 4 rings (SSSR count). The van der Waals surface area contributed by atoms with E-state index in [1.165, 1.54) is 11.1 Å². The molecule has 136 valence electrons. The minimum atomic E-state index is -0.00186. The molecule has 0 amide bonds. The van der Waals surface area contributed by atoms with Crippen molar-refractivity contribution < 1.29 is 0 Å². The van der Waals surface area contributed by atoms with Crippen LogP contribution in [0.4, 0.5) is 0 Å². The molecule has 27 heavy (non-hydrogen) atoms. The lowest BCUT2D eigenvalue weighted by Crippen LogP contribution is -2.23. The third-order valence-corrected chi connectivity index (χ3v) is 5.13. The van der Waals surface area contributed by atoms with Crippen LogP contribution >= 0.6 is 0 Å². The van der Waals surface area contributed by atoms with Crippen molar-refractivity contribution in [3.05, 3.63) is 92.9 Å². The van der Waals surface area contributed by atoms with E-state index in [9.17, 15) is 4.79 Å². The summed E-state index contributed by atoms with van der Waals surface area (Å²) in [5.74, 6) is 0. The molecule has 4 aromatic rings. The summed E-state index contributed by atoms with van der Waals surface area (Å²) in [5.41, 5.74) is 7.23. The predicted octanol–water partition coefficient (Wildman–Crippen LogP) is 4.47. The van der Waals surface area contributed by atoms with Crippen LogP contribution in [0, 0.1) is 27.7 Å². The molecule has 0 unspecified atom stereocenters. The molecule has 0 atom stereocenters. The SMILES string of the molecule is Cc1ccc(C)c(Cn2c(=O)cc(C)c3c(C)nn(-c4ccccc4)c32)c1. The summed E-state index contributed by atoms with van der Waals surface area (Å²) in [6, 6.07) is 18.1. The molecule has 0 N–H and O–H groups in total. The van der Waals surface area contributed by atoms with Gasteiger partial charge in [0.1, 0.15) is 5.65 Å². The van der Waals surface area contributed by atoms with Crippen LogP contribution < -0.4 is 5.56 Å². The highest BCUT2D eigenvalue weighted by Crippen LogP contribution is 2.24. The van der Waals surface area contributed by atoms with Crippen LogP contribution in [0.2, 0.25) is 0 Å². The van der Waals surface area contributed by atoms with Crippen molar-refractivity contribution in [2.24, 2.45) is 0 Å². The maximum atomic E-state index is 13.0. The first-order valence-electron chi connectivity index (χ1n) is 9.17. The quantitative estimate of drug-likeness (QED) is 0.543. The van der Waals surface area contributed by atoms with Gasteiger partial charge in [-0.3, -0.25) is 9.36 Å². The van der Waals surface area contributed by atoms with Crippen LogP contribution in [0.1, 0.15) is 27.9 Å². The zero-order valence-corrected chi connectivity index (χ0v) is 16.2. The van der Waals surface area contributed by atoms with E-state index in [0.29, 0.717) is 6.54 Å². The average Bonchev–Trinajstić information content (AvgIpc) is 3.00. The summed E-state index contributed by atoms with van der Waals surface area (Å²) in [6.45, 7) is 8.68. The van der Waals surface area contributed by atoms with Crippen molar-refractivity contribution in [3.8, 4) is 5.69 Å². The van der Waals surface area contributed by atoms with Crippen LogP contribution in [0.25, 0.3) is 16.7 Å². The summed E-state index contributed by atoms with van der Waals surface area (Å²) in [6.07, 6.45) is 0. The third-order valence-electron chi connectivity index (χ3n) is 5.13. The molecule has 0 aliphatic heterocycles. The van der Waals surface area contributed by atoms with E-state index in [2.05, 4.69) is 32.0 Å². The van der Waals surface area contributed by atoms with Gasteiger partial charge in [-0.2, -0.15) is 5.10 Å². The number of para-hydroxylation sites is 1. The standard InChI is InChI=1S/C23H23N3O/c1-15-10-11-16(2)19(12-15)14-25-21(27)13-17(3)22-18(4)24-26(23(22)25)20-8-6-5-7-9-20/h5-13H,14H2,1-4H3. The van der Waals surface area contributed by atoms with Gasteiger partial charge in [-0.15, -0.1) is 0 Å².